The Balaban J connectivity index is 1.93. The predicted molar refractivity (Wildman–Crippen MR) is 131 cm³/mol. The van der Waals surface area contributed by atoms with Gasteiger partial charge in [-0.05, 0) is 53.8 Å². The summed E-state index contributed by atoms with van der Waals surface area (Å²) in [4.78, 5) is 15.7. The highest BCUT2D eigenvalue weighted by atomic mass is 32.2. The molecular formula is C25H25F3N4O3S. The fourth-order valence-corrected chi connectivity index (χ4v) is 5.61. The largest absolute Gasteiger partial charge is 0.433 e. The van der Waals surface area contributed by atoms with Crippen molar-refractivity contribution in [2.75, 3.05) is 9.62 Å². The van der Waals surface area contributed by atoms with E-state index in [-0.39, 0.29) is 50.7 Å². The molecule has 2 heterocycles. The molecule has 36 heavy (non-hydrogen) atoms. The Morgan fingerprint density at radius 1 is 1.03 bits per heavy atom. The second-order valence-corrected chi connectivity index (χ2v) is 11.5. The second kappa shape index (κ2) is 8.51. The number of nitrogens with zero attached hydrogens (tertiary/aromatic N) is 2. The van der Waals surface area contributed by atoms with E-state index in [0.29, 0.717) is 0 Å². The molecule has 2 aromatic carbocycles. The molecule has 1 aromatic heterocycles. The molecule has 1 aliphatic rings. The topological polar surface area (TPSA) is 105 Å². The van der Waals surface area contributed by atoms with Crippen molar-refractivity contribution in [3.8, 4) is 0 Å². The molecule has 0 radical (unpaired) electrons. The van der Waals surface area contributed by atoms with Gasteiger partial charge in [-0.1, -0.05) is 39.0 Å². The Hall–Kier alpha value is -3.60. The minimum Gasteiger partial charge on any atom is -0.366 e. The summed E-state index contributed by atoms with van der Waals surface area (Å²) in [5, 5.41) is 2.84. The molecule has 0 saturated heterocycles. The minimum atomic E-state index is -4.68. The van der Waals surface area contributed by atoms with E-state index in [0.717, 1.165) is 15.9 Å². The monoisotopic (exact) mass is 518 g/mol. The van der Waals surface area contributed by atoms with Crippen molar-refractivity contribution in [1.82, 2.24) is 4.98 Å². The van der Waals surface area contributed by atoms with Crippen molar-refractivity contribution in [2.24, 2.45) is 5.73 Å². The summed E-state index contributed by atoms with van der Waals surface area (Å²) in [6, 6.07) is 11.2. The lowest BCUT2D eigenvalue weighted by atomic mass is 9.87. The molecule has 11 heteroatoms. The average molecular weight is 519 g/mol. The third kappa shape index (κ3) is 4.50. The number of amides is 1. The number of sulfonamides is 1. The number of alkyl halides is 3. The highest BCUT2D eigenvalue weighted by Gasteiger charge is 2.36. The Morgan fingerprint density at radius 2 is 1.67 bits per heavy atom. The van der Waals surface area contributed by atoms with Gasteiger partial charge in [0.15, 0.2) is 0 Å². The smallest absolute Gasteiger partial charge is 0.366 e. The molecule has 7 nitrogen and oxygen atoms in total. The SMILES string of the molecule is Cc1c(C(N)=O)ccc2c1N(S(=O)(=O)c1ccc(C(C)(C)C)cc1)Cc1ccc(C(F)(F)F)nc1N2. The van der Waals surface area contributed by atoms with Crippen LogP contribution < -0.4 is 15.4 Å². The number of carbonyl (C=O) groups excluding carboxylic acids is 1. The van der Waals surface area contributed by atoms with Gasteiger partial charge in [0.05, 0.1) is 22.8 Å². The van der Waals surface area contributed by atoms with Gasteiger partial charge in [-0.2, -0.15) is 13.2 Å². The van der Waals surface area contributed by atoms with E-state index in [1.807, 2.05) is 20.8 Å². The van der Waals surface area contributed by atoms with Crippen LogP contribution >= 0.6 is 0 Å². The van der Waals surface area contributed by atoms with E-state index in [2.05, 4.69) is 10.3 Å². The van der Waals surface area contributed by atoms with Gasteiger partial charge in [-0.15, -0.1) is 0 Å². The molecule has 0 atom stereocenters. The second-order valence-electron chi connectivity index (χ2n) is 9.61. The molecule has 4 rings (SSSR count). The highest BCUT2D eigenvalue weighted by molar-refractivity contribution is 7.92. The van der Waals surface area contributed by atoms with E-state index in [9.17, 15) is 26.4 Å². The van der Waals surface area contributed by atoms with Gasteiger partial charge < -0.3 is 11.1 Å². The summed E-state index contributed by atoms with van der Waals surface area (Å²) in [6.07, 6.45) is -4.68. The van der Waals surface area contributed by atoms with Crippen LogP contribution in [0.1, 0.15) is 53.5 Å². The van der Waals surface area contributed by atoms with Gasteiger partial charge in [0.25, 0.3) is 10.0 Å². The first-order valence-electron chi connectivity index (χ1n) is 11.0. The van der Waals surface area contributed by atoms with Crippen LogP contribution in [0.4, 0.5) is 30.4 Å². The number of aromatic nitrogens is 1. The van der Waals surface area contributed by atoms with Crippen LogP contribution in [-0.2, 0) is 28.2 Å². The number of primary amides is 1. The number of halogens is 3. The predicted octanol–water partition coefficient (Wildman–Crippen LogP) is 5.26. The first-order chi connectivity index (χ1) is 16.6. The van der Waals surface area contributed by atoms with Crippen LogP contribution in [-0.4, -0.2) is 19.3 Å². The van der Waals surface area contributed by atoms with E-state index in [1.54, 1.807) is 12.1 Å². The molecule has 0 saturated carbocycles. The number of carbonyl (C=O) groups is 1. The number of nitrogens with two attached hydrogens (primary N) is 1. The maximum Gasteiger partial charge on any atom is 0.433 e. The van der Waals surface area contributed by atoms with Crippen molar-refractivity contribution < 1.29 is 26.4 Å². The summed E-state index contributed by atoms with van der Waals surface area (Å²) in [5.74, 6) is -0.889. The van der Waals surface area contributed by atoms with Crippen LogP contribution in [0.3, 0.4) is 0 Å². The summed E-state index contributed by atoms with van der Waals surface area (Å²) in [6.45, 7) is 7.23. The molecule has 1 aliphatic heterocycles. The van der Waals surface area contributed by atoms with Crippen molar-refractivity contribution in [1.29, 1.82) is 0 Å². The van der Waals surface area contributed by atoms with Gasteiger partial charge in [0, 0.05) is 11.1 Å². The molecule has 0 aliphatic carbocycles. The Labute approximate surface area is 207 Å². The van der Waals surface area contributed by atoms with Crippen molar-refractivity contribution in [3.05, 3.63) is 76.5 Å². The van der Waals surface area contributed by atoms with Crippen molar-refractivity contribution in [2.45, 2.75) is 50.7 Å². The number of benzene rings is 2. The quantitative estimate of drug-likeness (QED) is 0.492. The zero-order valence-corrected chi connectivity index (χ0v) is 20.9. The molecule has 0 bridgehead atoms. The van der Waals surface area contributed by atoms with Crippen molar-refractivity contribution in [3.63, 3.8) is 0 Å². The molecule has 190 valence electrons. The summed E-state index contributed by atoms with van der Waals surface area (Å²) >= 11 is 0. The molecule has 0 unspecified atom stereocenters. The van der Waals surface area contributed by atoms with Gasteiger partial charge in [-0.3, -0.25) is 9.10 Å². The number of hydrogen-bond acceptors (Lipinski definition) is 5. The minimum absolute atomic E-state index is 0.00588. The number of rotatable bonds is 3. The zero-order valence-electron chi connectivity index (χ0n) is 20.1. The molecule has 1 amide bonds. The molecular weight excluding hydrogens is 493 g/mol. The van der Waals surface area contributed by atoms with Crippen LogP contribution in [0.25, 0.3) is 0 Å². The number of pyridine rings is 1. The van der Waals surface area contributed by atoms with E-state index in [1.165, 1.54) is 37.3 Å². The lowest BCUT2D eigenvalue weighted by Gasteiger charge is -2.27. The van der Waals surface area contributed by atoms with E-state index in [4.69, 9.17) is 5.73 Å². The Bertz CT molecular complexity index is 1460. The molecule has 0 fully saturated rings. The van der Waals surface area contributed by atoms with Gasteiger partial charge in [0.2, 0.25) is 5.91 Å². The number of fused-ring (bicyclic) bond motifs is 2. The Kier molecular flexibility index (Phi) is 6.02. The Morgan fingerprint density at radius 3 is 2.22 bits per heavy atom. The van der Waals surface area contributed by atoms with Crippen LogP contribution in [0.5, 0.6) is 0 Å². The third-order valence-electron chi connectivity index (χ3n) is 6.09. The maximum atomic E-state index is 13.9. The lowest BCUT2D eigenvalue weighted by molar-refractivity contribution is -0.141. The number of hydrogen-bond donors (Lipinski definition) is 2. The third-order valence-corrected chi connectivity index (χ3v) is 7.85. The molecule has 0 spiro atoms. The highest BCUT2D eigenvalue weighted by Crippen LogP contribution is 2.42. The molecule has 3 N–H and O–H groups in total. The first-order valence-corrected chi connectivity index (χ1v) is 12.5. The van der Waals surface area contributed by atoms with E-state index < -0.39 is 27.8 Å². The summed E-state index contributed by atoms with van der Waals surface area (Å²) < 4.78 is 68.9. The number of nitrogens with one attached hydrogen (secondary N) is 1. The van der Waals surface area contributed by atoms with Crippen LogP contribution in [0.15, 0.2) is 53.4 Å². The fourth-order valence-electron chi connectivity index (χ4n) is 4.09. The standard InChI is InChI=1S/C25H25F3N4O3S/c1-14-18(22(29)33)10-11-19-21(14)32(13-15-5-12-20(25(26,27)28)31-23(15)30-19)36(34,35)17-8-6-16(7-9-17)24(2,3)4/h5-12H,13H2,1-4H3,(H2,29,33)(H,30,31). The fraction of sp³-hybridized carbons (Fsp3) is 0.280. The normalized spacial score (nSPS) is 13.9. The summed E-state index contributed by atoms with van der Waals surface area (Å²) in [7, 11) is -4.22. The zero-order chi connectivity index (χ0) is 26.6. The maximum absolute atomic E-state index is 13.9. The van der Waals surface area contributed by atoms with E-state index >= 15 is 0 Å². The van der Waals surface area contributed by atoms with Gasteiger partial charge >= 0.3 is 6.18 Å². The van der Waals surface area contributed by atoms with Crippen LogP contribution in [0, 0.1) is 6.92 Å². The molecule has 3 aromatic rings. The van der Waals surface area contributed by atoms with Gasteiger partial charge in [0.1, 0.15) is 11.5 Å². The lowest BCUT2D eigenvalue weighted by Crippen LogP contribution is -2.31. The average Bonchev–Trinajstić information content (AvgIpc) is 2.95. The number of anilines is 3. The summed E-state index contributed by atoms with van der Waals surface area (Å²) in [5.41, 5.74) is 5.99. The van der Waals surface area contributed by atoms with Gasteiger partial charge in [-0.25, -0.2) is 13.4 Å². The van der Waals surface area contributed by atoms with Crippen LogP contribution in [0.2, 0.25) is 0 Å². The van der Waals surface area contributed by atoms with Crippen molar-refractivity contribution >= 4 is 33.1 Å². The first kappa shape index (κ1) is 25.5.